The molecule has 1 aromatic carbocycles. The molecule has 0 atom stereocenters. The summed E-state index contributed by atoms with van der Waals surface area (Å²) >= 11 is 6.09. The molecule has 0 aliphatic carbocycles. The SMILES string of the molecule is CC(C)N(C)CCCCNCc1ccccc1Cl. The molecule has 0 aromatic heterocycles. The predicted molar refractivity (Wildman–Crippen MR) is 80.2 cm³/mol. The van der Waals surface area contributed by atoms with Gasteiger partial charge in [-0.1, -0.05) is 29.8 Å². The van der Waals surface area contributed by atoms with Crippen LogP contribution >= 0.6 is 11.6 Å². The maximum atomic E-state index is 6.09. The molecule has 0 bridgehead atoms. The second kappa shape index (κ2) is 8.52. The Labute approximate surface area is 116 Å². The lowest BCUT2D eigenvalue weighted by molar-refractivity contribution is 0.268. The molecule has 0 fully saturated rings. The van der Waals surface area contributed by atoms with Crippen molar-refractivity contribution in [3.05, 3.63) is 34.9 Å². The second-order valence-electron chi connectivity index (χ2n) is 5.05. The predicted octanol–water partition coefficient (Wildman–Crippen LogP) is 3.55. The Morgan fingerprint density at radius 1 is 1.22 bits per heavy atom. The minimum absolute atomic E-state index is 0.640. The highest BCUT2D eigenvalue weighted by atomic mass is 35.5. The van der Waals surface area contributed by atoms with Crippen LogP contribution in [-0.2, 0) is 6.54 Å². The quantitative estimate of drug-likeness (QED) is 0.726. The topological polar surface area (TPSA) is 15.3 Å². The van der Waals surface area contributed by atoms with E-state index < -0.39 is 0 Å². The third kappa shape index (κ3) is 5.85. The number of halogens is 1. The van der Waals surface area contributed by atoms with Crippen LogP contribution in [0.3, 0.4) is 0 Å². The minimum Gasteiger partial charge on any atom is -0.313 e. The highest BCUT2D eigenvalue weighted by Gasteiger charge is 2.02. The Morgan fingerprint density at radius 2 is 1.94 bits per heavy atom. The molecule has 0 unspecified atom stereocenters. The molecule has 0 amide bonds. The average molecular weight is 269 g/mol. The van der Waals surface area contributed by atoms with Crippen molar-refractivity contribution in [1.29, 1.82) is 0 Å². The Balaban J connectivity index is 2.07. The van der Waals surface area contributed by atoms with Gasteiger partial charge in [-0.05, 0) is 58.5 Å². The highest BCUT2D eigenvalue weighted by molar-refractivity contribution is 6.31. The molecule has 2 nitrogen and oxygen atoms in total. The molecule has 0 heterocycles. The van der Waals surface area contributed by atoms with Crippen LogP contribution in [0.5, 0.6) is 0 Å². The van der Waals surface area contributed by atoms with E-state index in [9.17, 15) is 0 Å². The van der Waals surface area contributed by atoms with Gasteiger partial charge in [0.1, 0.15) is 0 Å². The lowest BCUT2D eigenvalue weighted by Crippen LogP contribution is -2.27. The number of hydrogen-bond acceptors (Lipinski definition) is 2. The minimum atomic E-state index is 0.640. The molecule has 0 aliphatic heterocycles. The van der Waals surface area contributed by atoms with E-state index in [0.717, 1.165) is 18.1 Å². The standard InChI is InChI=1S/C15H25ClN2/c1-13(2)18(3)11-7-6-10-17-12-14-8-4-5-9-15(14)16/h4-5,8-9,13,17H,6-7,10-12H2,1-3H3. The third-order valence-corrected chi connectivity index (χ3v) is 3.64. The smallest absolute Gasteiger partial charge is 0.0450 e. The van der Waals surface area contributed by atoms with Crippen molar-refractivity contribution in [2.75, 3.05) is 20.1 Å². The van der Waals surface area contributed by atoms with Crippen LogP contribution in [0.1, 0.15) is 32.3 Å². The van der Waals surface area contributed by atoms with E-state index in [4.69, 9.17) is 11.6 Å². The van der Waals surface area contributed by atoms with Crippen molar-refractivity contribution in [3.63, 3.8) is 0 Å². The summed E-state index contributed by atoms with van der Waals surface area (Å²) in [5.41, 5.74) is 1.18. The maximum Gasteiger partial charge on any atom is 0.0450 e. The van der Waals surface area contributed by atoms with Gasteiger partial charge < -0.3 is 10.2 Å². The molecule has 1 aromatic rings. The third-order valence-electron chi connectivity index (χ3n) is 3.27. The van der Waals surface area contributed by atoms with Crippen LogP contribution in [0, 0.1) is 0 Å². The first-order chi connectivity index (χ1) is 8.61. The van der Waals surface area contributed by atoms with Crippen LogP contribution in [-0.4, -0.2) is 31.1 Å². The molecule has 18 heavy (non-hydrogen) atoms. The Hall–Kier alpha value is -0.570. The number of rotatable bonds is 8. The van der Waals surface area contributed by atoms with Gasteiger partial charge in [0.25, 0.3) is 0 Å². The first kappa shape index (κ1) is 15.5. The number of nitrogens with one attached hydrogen (secondary N) is 1. The van der Waals surface area contributed by atoms with E-state index in [2.05, 4.69) is 37.2 Å². The van der Waals surface area contributed by atoms with Crippen LogP contribution < -0.4 is 5.32 Å². The zero-order valence-corrected chi connectivity index (χ0v) is 12.5. The summed E-state index contributed by atoms with van der Waals surface area (Å²) in [4.78, 5) is 2.38. The van der Waals surface area contributed by atoms with Crippen molar-refractivity contribution in [2.24, 2.45) is 0 Å². The zero-order valence-electron chi connectivity index (χ0n) is 11.7. The number of unbranched alkanes of at least 4 members (excludes halogenated alkanes) is 1. The normalized spacial score (nSPS) is 11.4. The summed E-state index contributed by atoms with van der Waals surface area (Å²) in [6.07, 6.45) is 2.45. The van der Waals surface area contributed by atoms with E-state index >= 15 is 0 Å². The summed E-state index contributed by atoms with van der Waals surface area (Å²) in [6, 6.07) is 8.65. The van der Waals surface area contributed by atoms with E-state index in [-0.39, 0.29) is 0 Å². The van der Waals surface area contributed by atoms with E-state index in [1.54, 1.807) is 0 Å². The molecule has 0 saturated heterocycles. The van der Waals surface area contributed by atoms with Crippen LogP contribution in [0.25, 0.3) is 0 Å². The van der Waals surface area contributed by atoms with Crippen molar-refractivity contribution in [1.82, 2.24) is 10.2 Å². The summed E-state index contributed by atoms with van der Waals surface area (Å²) in [5, 5.41) is 4.29. The summed E-state index contributed by atoms with van der Waals surface area (Å²) in [5.74, 6) is 0. The lowest BCUT2D eigenvalue weighted by atomic mass is 10.2. The van der Waals surface area contributed by atoms with Crippen molar-refractivity contribution < 1.29 is 0 Å². The van der Waals surface area contributed by atoms with E-state index in [1.807, 2.05) is 18.2 Å². The fraction of sp³-hybridized carbons (Fsp3) is 0.600. The second-order valence-corrected chi connectivity index (χ2v) is 5.46. The average Bonchev–Trinajstić information content (AvgIpc) is 2.35. The van der Waals surface area contributed by atoms with Crippen molar-refractivity contribution >= 4 is 11.6 Å². The number of benzene rings is 1. The molecule has 102 valence electrons. The zero-order chi connectivity index (χ0) is 13.4. The van der Waals surface area contributed by atoms with Gasteiger partial charge in [-0.25, -0.2) is 0 Å². The van der Waals surface area contributed by atoms with Gasteiger partial charge in [0.05, 0.1) is 0 Å². The monoisotopic (exact) mass is 268 g/mol. The molecular weight excluding hydrogens is 244 g/mol. The first-order valence-corrected chi connectivity index (χ1v) is 7.13. The van der Waals surface area contributed by atoms with Gasteiger partial charge in [0.15, 0.2) is 0 Å². The lowest BCUT2D eigenvalue weighted by Gasteiger charge is -2.20. The Kier molecular flexibility index (Phi) is 7.33. The Morgan fingerprint density at radius 3 is 2.61 bits per heavy atom. The van der Waals surface area contributed by atoms with Crippen molar-refractivity contribution in [2.45, 2.75) is 39.3 Å². The molecule has 3 heteroatoms. The van der Waals surface area contributed by atoms with Crippen LogP contribution in [0.4, 0.5) is 0 Å². The summed E-state index contributed by atoms with van der Waals surface area (Å²) in [7, 11) is 2.18. The number of hydrogen-bond donors (Lipinski definition) is 1. The molecule has 0 saturated carbocycles. The van der Waals surface area contributed by atoms with Crippen LogP contribution in [0.2, 0.25) is 5.02 Å². The van der Waals surface area contributed by atoms with E-state index in [0.29, 0.717) is 6.04 Å². The molecule has 0 radical (unpaired) electrons. The van der Waals surface area contributed by atoms with Crippen LogP contribution in [0.15, 0.2) is 24.3 Å². The van der Waals surface area contributed by atoms with Gasteiger partial charge in [-0.2, -0.15) is 0 Å². The van der Waals surface area contributed by atoms with Gasteiger partial charge >= 0.3 is 0 Å². The molecule has 1 N–H and O–H groups in total. The van der Waals surface area contributed by atoms with Crippen molar-refractivity contribution in [3.8, 4) is 0 Å². The van der Waals surface area contributed by atoms with Gasteiger partial charge in [-0.3, -0.25) is 0 Å². The number of nitrogens with zero attached hydrogens (tertiary/aromatic N) is 1. The molecule has 1 rings (SSSR count). The fourth-order valence-corrected chi connectivity index (χ4v) is 1.94. The molecule has 0 spiro atoms. The maximum absolute atomic E-state index is 6.09. The Bertz CT molecular complexity index is 339. The molecular formula is C15H25ClN2. The molecule has 0 aliphatic rings. The van der Waals surface area contributed by atoms with Gasteiger partial charge in [0.2, 0.25) is 0 Å². The van der Waals surface area contributed by atoms with Gasteiger partial charge in [-0.15, -0.1) is 0 Å². The highest BCUT2D eigenvalue weighted by Crippen LogP contribution is 2.14. The largest absolute Gasteiger partial charge is 0.313 e. The summed E-state index contributed by atoms with van der Waals surface area (Å²) < 4.78 is 0. The van der Waals surface area contributed by atoms with Gasteiger partial charge in [0, 0.05) is 17.6 Å². The summed E-state index contributed by atoms with van der Waals surface area (Å²) in [6.45, 7) is 7.55. The fourth-order valence-electron chi connectivity index (χ4n) is 1.73. The van der Waals surface area contributed by atoms with E-state index in [1.165, 1.54) is 24.9 Å². The first-order valence-electron chi connectivity index (χ1n) is 6.75.